The van der Waals surface area contributed by atoms with Gasteiger partial charge < -0.3 is 10.8 Å². The van der Waals surface area contributed by atoms with Crippen molar-refractivity contribution in [1.29, 1.82) is 0 Å². The van der Waals surface area contributed by atoms with E-state index in [0.717, 1.165) is 12.8 Å². The minimum absolute atomic E-state index is 0.184. The van der Waals surface area contributed by atoms with E-state index in [0.29, 0.717) is 11.7 Å². The first-order chi connectivity index (χ1) is 10.2. The first-order valence-electron chi connectivity index (χ1n) is 7.79. The molecule has 1 aliphatic carbocycles. The minimum atomic E-state index is -0.184. The van der Waals surface area contributed by atoms with Gasteiger partial charge in [0.2, 0.25) is 0 Å². The van der Waals surface area contributed by atoms with Gasteiger partial charge in [-0.25, -0.2) is 0 Å². The molecule has 0 heterocycles. The Bertz CT molecular complexity index is 578. The molecule has 0 aliphatic heterocycles. The van der Waals surface area contributed by atoms with E-state index in [1.54, 1.807) is 12.1 Å². The van der Waals surface area contributed by atoms with Crippen molar-refractivity contribution in [2.45, 2.75) is 43.6 Å². The highest BCUT2D eigenvalue weighted by atomic mass is 16.3. The Balaban J connectivity index is 1.86. The maximum absolute atomic E-state index is 9.43. The maximum Gasteiger partial charge on any atom is 0.115 e. The third-order valence-corrected chi connectivity index (χ3v) is 4.75. The van der Waals surface area contributed by atoms with Gasteiger partial charge in [0.15, 0.2) is 0 Å². The van der Waals surface area contributed by atoms with Crippen LogP contribution in [0.25, 0.3) is 0 Å². The number of benzene rings is 2. The third kappa shape index (κ3) is 3.11. The van der Waals surface area contributed by atoms with Crippen molar-refractivity contribution in [2.24, 2.45) is 5.73 Å². The fourth-order valence-electron chi connectivity index (χ4n) is 3.65. The third-order valence-electron chi connectivity index (χ3n) is 4.75. The van der Waals surface area contributed by atoms with E-state index in [2.05, 4.69) is 30.3 Å². The van der Waals surface area contributed by atoms with Crippen molar-refractivity contribution in [3.63, 3.8) is 0 Å². The van der Waals surface area contributed by atoms with E-state index in [-0.39, 0.29) is 5.54 Å². The SMILES string of the molecule is NC1(Cc2ccc(O)cc2)CCCCC1c1ccccc1. The van der Waals surface area contributed by atoms with Gasteiger partial charge in [0.05, 0.1) is 0 Å². The minimum Gasteiger partial charge on any atom is -0.508 e. The number of hydrogen-bond donors (Lipinski definition) is 2. The number of hydrogen-bond acceptors (Lipinski definition) is 2. The van der Waals surface area contributed by atoms with Gasteiger partial charge in [-0.3, -0.25) is 0 Å². The van der Waals surface area contributed by atoms with Gasteiger partial charge in [0.1, 0.15) is 5.75 Å². The van der Waals surface area contributed by atoms with Gasteiger partial charge in [-0.1, -0.05) is 55.3 Å². The van der Waals surface area contributed by atoms with Crippen LogP contribution in [0.4, 0.5) is 0 Å². The van der Waals surface area contributed by atoms with Crippen molar-refractivity contribution in [2.75, 3.05) is 0 Å². The standard InChI is InChI=1S/C19H23NO/c20-19(14-15-9-11-17(21)12-10-15)13-5-4-8-18(19)16-6-2-1-3-7-16/h1-3,6-7,9-12,18,21H,4-5,8,13-14,20H2. The molecule has 2 unspecified atom stereocenters. The molecular formula is C19H23NO. The zero-order valence-corrected chi connectivity index (χ0v) is 12.3. The highest BCUT2D eigenvalue weighted by molar-refractivity contribution is 5.30. The molecule has 2 nitrogen and oxygen atoms in total. The predicted octanol–water partition coefficient (Wildman–Crippen LogP) is 3.99. The molecule has 2 heteroatoms. The van der Waals surface area contributed by atoms with Crippen LogP contribution in [0.5, 0.6) is 5.75 Å². The normalized spacial score (nSPS) is 25.7. The van der Waals surface area contributed by atoms with Crippen molar-refractivity contribution in [3.8, 4) is 5.75 Å². The number of nitrogens with two attached hydrogens (primary N) is 1. The van der Waals surface area contributed by atoms with E-state index in [1.165, 1.54) is 30.4 Å². The summed E-state index contributed by atoms with van der Waals surface area (Å²) in [4.78, 5) is 0. The molecule has 0 saturated heterocycles. The monoisotopic (exact) mass is 281 g/mol. The summed E-state index contributed by atoms with van der Waals surface area (Å²) in [6, 6.07) is 18.1. The first-order valence-corrected chi connectivity index (χ1v) is 7.79. The molecule has 110 valence electrons. The number of phenols is 1. The zero-order chi connectivity index (χ0) is 14.7. The molecule has 0 spiro atoms. The van der Waals surface area contributed by atoms with Crippen LogP contribution in [0.3, 0.4) is 0 Å². The molecule has 1 fully saturated rings. The van der Waals surface area contributed by atoms with Gasteiger partial charge >= 0.3 is 0 Å². The van der Waals surface area contributed by atoms with Crippen LogP contribution in [-0.2, 0) is 6.42 Å². The van der Waals surface area contributed by atoms with Gasteiger partial charge in [0, 0.05) is 11.5 Å². The Morgan fingerprint density at radius 3 is 2.43 bits per heavy atom. The van der Waals surface area contributed by atoms with E-state index in [9.17, 15) is 5.11 Å². The Morgan fingerprint density at radius 1 is 1.00 bits per heavy atom. The molecular weight excluding hydrogens is 258 g/mol. The average Bonchev–Trinajstić information content (AvgIpc) is 2.51. The predicted molar refractivity (Wildman–Crippen MR) is 86.4 cm³/mol. The summed E-state index contributed by atoms with van der Waals surface area (Å²) in [5, 5.41) is 9.43. The summed E-state index contributed by atoms with van der Waals surface area (Å²) in [5.41, 5.74) is 9.23. The highest BCUT2D eigenvalue weighted by Crippen LogP contribution is 2.41. The van der Waals surface area contributed by atoms with Gasteiger partial charge in [0.25, 0.3) is 0 Å². The molecule has 3 rings (SSSR count). The lowest BCUT2D eigenvalue weighted by Gasteiger charge is -2.42. The van der Waals surface area contributed by atoms with Crippen LogP contribution < -0.4 is 5.73 Å². The van der Waals surface area contributed by atoms with E-state index >= 15 is 0 Å². The summed E-state index contributed by atoms with van der Waals surface area (Å²) >= 11 is 0. The van der Waals surface area contributed by atoms with Crippen LogP contribution in [0.2, 0.25) is 0 Å². The van der Waals surface area contributed by atoms with E-state index in [4.69, 9.17) is 5.73 Å². The topological polar surface area (TPSA) is 46.2 Å². The summed E-state index contributed by atoms with van der Waals surface area (Å²) in [5.74, 6) is 0.731. The summed E-state index contributed by atoms with van der Waals surface area (Å²) in [6.07, 6.45) is 5.56. The molecule has 0 aromatic heterocycles. The van der Waals surface area contributed by atoms with E-state index in [1.807, 2.05) is 12.1 Å². The van der Waals surface area contributed by atoms with Gasteiger partial charge in [-0.15, -0.1) is 0 Å². The average molecular weight is 281 g/mol. The molecule has 1 aliphatic rings. The number of aromatic hydroxyl groups is 1. The van der Waals surface area contributed by atoms with Crippen molar-refractivity contribution in [1.82, 2.24) is 0 Å². The largest absolute Gasteiger partial charge is 0.508 e. The van der Waals surface area contributed by atoms with Gasteiger partial charge in [-0.2, -0.15) is 0 Å². The Kier molecular flexibility index (Phi) is 3.98. The van der Waals surface area contributed by atoms with Crippen molar-refractivity contribution < 1.29 is 5.11 Å². The molecule has 0 bridgehead atoms. The van der Waals surface area contributed by atoms with Crippen molar-refractivity contribution in [3.05, 3.63) is 65.7 Å². The number of rotatable bonds is 3. The highest BCUT2D eigenvalue weighted by Gasteiger charge is 2.37. The van der Waals surface area contributed by atoms with Crippen LogP contribution in [0.1, 0.15) is 42.7 Å². The molecule has 2 aromatic carbocycles. The fourth-order valence-corrected chi connectivity index (χ4v) is 3.65. The Hall–Kier alpha value is -1.80. The van der Waals surface area contributed by atoms with Crippen LogP contribution in [0.15, 0.2) is 54.6 Å². The van der Waals surface area contributed by atoms with Crippen LogP contribution in [-0.4, -0.2) is 10.6 Å². The second-order valence-corrected chi connectivity index (χ2v) is 6.29. The number of phenolic OH excluding ortho intramolecular Hbond substituents is 1. The van der Waals surface area contributed by atoms with Crippen LogP contribution in [0, 0.1) is 0 Å². The lowest BCUT2D eigenvalue weighted by molar-refractivity contribution is 0.249. The molecule has 0 radical (unpaired) electrons. The van der Waals surface area contributed by atoms with Crippen molar-refractivity contribution >= 4 is 0 Å². The smallest absolute Gasteiger partial charge is 0.115 e. The Morgan fingerprint density at radius 2 is 1.71 bits per heavy atom. The fraction of sp³-hybridized carbons (Fsp3) is 0.368. The van der Waals surface area contributed by atoms with E-state index < -0.39 is 0 Å². The Labute approximate surface area is 126 Å². The molecule has 0 amide bonds. The van der Waals surface area contributed by atoms with Gasteiger partial charge in [-0.05, 0) is 42.5 Å². The summed E-state index contributed by atoms with van der Waals surface area (Å²) < 4.78 is 0. The zero-order valence-electron chi connectivity index (χ0n) is 12.3. The first kappa shape index (κ1) is 14.2. The summed E-state index contributed by atoms with van der Waals surface area (Å²) in [6.45, 7) is 0. The lowest BCUT2D eigenvalue weighted by Crippen LogP contribution is -2.49. The molecule has 3 N–H and O–H groups in total. The summed E-state index contributed by atoms with van der Waals surface area (Å²) in [7, 11) is 0. The molecule has 2 aromatic rings. The molecule has 1 saturated carbocycles. The molecule has 2 atom stereocenters. The quantitative estimate of drug-likeness (QED) is 0.893. The maximum atomic E-state index is 9.43. The second kappa shape index (κ2) is 5.90. The second-order valence-electron chi connectivity index (χ2n) is 6.29. The van der Waals surface area contributed by atoms with Crippen LogP contribution >= 0.6 is 0 Å². The molecule has 21 heavy (non-hydrogen) atoms. The lowest BCUT2D eigenvalue weighted by atomic mass is 9.67.